The lowest BCUT2D eigenvalue weighted by atomic mass is 9.98. The monoisotopic (exact) mass is 1370 g/mol. The number of carboxylic acid groups (broad SMARTS) is 1. The number of nitrogens with one attached hydrogen (secondary N) is 9. The molecule has 538 valence electrons. The fourth-order valence-corrected chi connectivity index (χ4v) is 10.7. The van der Waals surface area contributed by atoms with Crippen LogP contribution in [0.1, 0.15) is 76.6 Å². The Morgan fingerprint density at radius 2 is 1.18 bits per heavy atom. The first-order chi connectivity index (χ1) is 45.8. The minimum Gasteiger partial charge on any atom is -0.508 e. The van der Waals surface area contributed by atoms with E-state index in [0.29, 0.717) is 23.2 Å². The van der Waals surface area contributed by atoms with E-state index in [9.17, 15) is 84.0 Å². The van der Waals surface area contributed by atoms with Crippen LogP contribution in [0.4, 0.5) is 0 Å². The second-order valence-corrected chi connectivity index (χ2v) is 24.4. The van der Waals surface area contributed by atoms with Crippen molar-refractivity contribution in [2.75, 3.05) is 26.3 Å². The number of aliphatic carboxylic acids is 1. The molecule has 0 unspecified atom stereocenters. The summed E-state index contributed by atoms with van der Waals surface area (Å²) < 4.78 is 15.3. The molecule has 6 rings (SSSR count). The summed E-state index contributed by atoms with van der Waals surface area (Å²) in [6, 6.07) is 4.15. The normalized spacial score (nSPS) is 24.5. The summed E-state index contributed by atoms with van der Waals surface area (Å²) in [6.45, 7) is 5.49. The Kier molecular flexibility index (Phi) is 30.9. The summed E-state index contributed by atoms with van der Waals surface area (Å²) in [7, 11) is 0. The van der Waals surface area contributed by atoms with E-state index >= 15 is 0 Å². The van der Waals surface area contributed by atoms with E-state index in [1.54, 1.807) is 58.0 Å². The zero-order valence-corrected chi connectivity index (χ0v) is 53.9. The molecule has 36 heteroatoms. The minimum atomic E-state index is -1.72. The molecular weight excluding hydrogens is 1280 g/mol. The number of nitrogens with zero attached hydrogens (tertiary/aromatic N) is 2. The van der Waals surface area contributed by atoms with Crippen LogP contribution in [0, 0.1) is 17.2 Å². The third-order valence-corrected chi connectivity index (χ3v) is 16.2. The Morgan fingerprint density at radius 1 is 0.660 bits per heavy atom. The average molecular weight is 1370 g/mol. The molecule has 4 heterocycles. The maximum absolute atomic E-state index is 14.5. The number of carbonyl (C=O) groups is 9. The Labute approximate surface area is 557 Å². The van der Waals surface area contributed by atoms with Gasteiger partial charge in [0.05, 0.1) is 32.0 Å². The number of hydrogen-bond donors (Lipinski definition) is 22. The maximum Gasteiger partial charge on any atom is 0.326 e. The molecule has 25 N–H and O–H groups in total. The molecule has 0 aliphatic carbocycles. The molecule has 36 nitrogen and oxygen atoms in total. The van der Waals surface area contributed by atoms with Crippen molar-refractivity contribution in [1.82, 2.24) is 52.1 Å². The highest BCUT2D eigenvalue weighted by atomic mass is 16.8. The number of phenols is 1. The van der Waals surface area contributed by atoms with Crippen LogP contribution in [0.25, 0.3) is 0 Å². The molecule has 3 aromatic rings. The number of guanidine groups is 1. The van der Waals surface area contributed by atoms with Gasteiger partial charge in [0, 0.05) is 44.2 Å². The van der Waals surface area contributed by atoms with Gasteiger partial charge in [-0.15, -0.1) is 0 Å². The summed E-state index contributed by atoms with van der Waals surface area (Å²) in [4.78, 5) is 130. The van der Waals surface area contributed by atoms with Crippen LogP contribution in [0.15, 0.2) is 67.1 Å². The number of imidazole rings is 1. The number of aromatic hydroxyl groups is 1. The summed E-state index contributed by atoms with van der Waals surface area (Å²) >= 11 is 0. The van der Waals surface area contributed by atoms with Gasteiger partial charge in [0.15, 0.2) is 18.5 Å². The summed E-state index contributed by atoms with van der Waals surface area (Å²) in [5.41, 5.74) is 18.0. The van der Waals surface area contributed by atoms with Gasteiger partial charge in [-0.1, -0.05) is 70.2 Å². The van der Waals surface area contributed by atoms with Gasteiger partial charge in [0.2, 0.25) is 47.3 Å². The molecular formula is C61H92N14O22. The fraction of sp³-hybridized carbons (Fsp3) is 0.590. The molecule has 3 aliphatic rings. The van der Waals surface area contributed by atoms with Crippen LogP contribution in [0.5, 0.6) is 5.75 Å². The van der Waals surface area contributed by atoms with Crippen molar-refractivity contribution < 1.29 is 108 Å². The third kappa shape index (κ3) is 23.3. The quantitative estimate of drug-likeness (QED) is 0.0157. The predicted molar refractivity (Wildman–Crippen MR) is 337 cm³/mol. The number of H-pyrrole nitrogens is 1. The Balaban J connectivity index is 0.000000618. The van der Waals surface area contributed by atoms with Crippen LogP contribution < -0.4 is 54.4 Å². The van der Waals surface area contributed by atoms with E-state index < -0.39 is 194 Å². The highest BCUT2D eigenvalue weighted by Crippen LogP contribution is 2.29. The van der Waals surface area contributed by atoms with Gasteiger partial charge in [-0.05, 0) is 60.8 Å². The largest absolute Gasteiger partial charge is 0.508 e. The first-order valence-corrected chi connectivity index (χ1v) is 31.4. The number of primary amides is 1. The van der Waals surface area contributed by atoms with Gasteiger partial charge in [0.25, 0.3) is 0 Å². The van der Waals surface area contributed by atoms with Crippen molar-refractivity contribution in [3.63, 3.8) is 0 Å². The smallest absolute Gasteiger partial charge is 0.326 e. The first-order valence-electron chi connectivity index (χ1n) is 31.4. The van der Waals surface area contributed by atoms with Crippen molar-refractivity contribution in [2.24, 2.45) is 29.0 Å². The maximum atomic E-state index is 14.5. The van der Waals surface area contributed by atoms with Crippen LogP contribution in [0.3, 0.4) is 0 Å². The van der Waals surface area contributed by atoms with Gasteiger partial charge in [-0.2, -0.15) is 0 Å². The Morgan fingerprint density at radius 3 is 1.67 bits per heavy atom. The van der Waals surface area contributed by atoms with Gasteiger partial charge in [0.1, 0.15) is 96.9 Å². The number of carbonyl (C=O) groups excluding carboxylic acids is 8. The number of aromatic nitrogens is 2. The van der Waals surface area contributed by atoms with Crippen LogP contribution >= 0.6 is 0 Å². The lowest BCUT2D eigenvalue weighted by Crippen LogP contribution is -2.63. The molecule has 8 amide bonds. The summed E-state index contributed by atoms with van der Waals surface area (Å²) in [5.74, 6) is -9.18. The number of phenolic OH excluding ortho intramolecular Hbond substituents is 1. The number of likely N-dealkylation sites (tertiary alicyclic amines) is 1. The zero-order valence-electron chi connectivity index (χ0n) is 53.9. The van der Waals surface area contributed by atoms with Gasteiger partial charge in [-0.25, -0.2) is 9.78 Å². The van der Waals surface area contributed by atoms with E-state index in [4.69, 9.17) is 47.0 Å². The number of benzene rings is 2. The van der Waals surface area contributed by atoms with E-state index in [-0.39, 0.29) is 63.3 Å². The molecule has 3 saturated heterocycles. The molecule has 97 heavy (non-hydrogen) atoms. The molecule has 18 atom stereocenters. The molecule has 0 radical (unpaired) electrons. The van der Waals surface area contributed by atoms with E-state index in [1.165, 1.54) is 41.7 Å². The predicted octanol–water partition coefficient (Wildman–Crippen LogP) is -7.49. The summed E-state index contributed by atoms with van der Waals surface area (Å²) in [6.07, 6.45) is -12.7. The topological polar surface area (TPSA) is 602 Å². The highest BCUT2D eigenvalue weighted by molar-refractivity contribution is 5.98. The molecule has 2 aromatic carbocycles. The Hall–Kier alpha value is -8.53. The van der Waals surface area contributed by atoms with Crippen LogP contribution in [-0.4, -0.2) is 261 Å². The molecule has 1 aromatic heterocycles. The number of nitrogens with two attached hydrogens (primary N) is 3. The van der Waals surface area contributed by atoms with Crippen molar-refractivity contribution >= 4 is 59.2 Å². The van der Waals surface area contributed by atoms with Crippen molar-refractivity contribution in [3.8, 4) is 5.75 Å². The van der Waals surface area contributed by atoms with Crippen molar-refractivity contribution in [3.05, 3.63) is 83.9 Å². The van der Waals surface area contributed by atoms with Crippen molar-refractivity contribution in [1.29, 1.82) is 5.41 Å². The lowest BCUT2D eigenvalue weighted by molar-refractivity contribution is -0.376. The number of rotatable bonds is 32. The van der Waals surface area contributed by atoms with Gasteiger partial charge >= 0.3 is 5.97 Å². The molecule has 0 bridgehead atoms. The number of amides is 8. The van der Waals surface area contributed by atoms with Gasteiger partial charge < -0.3 is 130 Å². The fourth-order valence-electron chi connectivity index (χ4n) is 10.7. The number of carboxylic acids is 1. The van der Waals surface area contributed by atoms with E-state index in [2.05, 4.69) is 47.2 Å². The number of aliphatic hydroxyl groups excluding tert-OH is 8. The first kappa shape index (κ1) is 79.2. The standard InChI is InChI=1S/C49H70N14O11.C12H22O11/c1-26(2)39(61-42(67)33(12-8-18-55-49(52)53)57-41(66)32(50)23-38(51)65)45(70)58-34(20-29-14-16-31(64)17-15-29)43(68)62-40(27(3)4)46(71)59-35(22-30-24-54-25-56-30)47(72)63-19-9-13-37(63)44(69)60-36(48(73)74)21-28-10-6-5-7-11-28;13-1-3-5(15)7(17)9(19)11(21-3)23-12-10(20)8(18)6(16)4(2-14)22-12/h5-7,10-11,14-17,24-27,32-37,39-40,64H,8-9,12-13,18-23,50H2,1-4H3,(H2,51,65)(H,54,56)(H,57,66)(H,58,70)(H,59,71)(H,60,69)(H,61,67)(H,62,68)(H,73,74)(H4,52,53,55);3-20H,1-2H2/t32-,33-,34-,35-,36-,37-,39-,40-;3-,4-,5-,6-,7+,8+,9-,10-,11-,12-/m01/s1. The minimum absolute atomic E-state index is 0.000167. The number of aromatic amines is 1. The molecule has 3 fully saturated rings. The lowest BCUT2D eigenvalue weighted by Gasteiger charge is -2.44. The highest BCUT2D eigenvalue weighted by Gasteiger charge is 2.50. The molecule has 0 saturated carbocycles. The number of hydrogen-bond acceptors (Lipinski definition) is 24. The number of aliphatic hydroxyl groups is 8. The molecule has 0 spiro atoms. The average Bonchev–Trinajstić information content (AvgIpc) is 1.83. The number of ether oxygens (including phenoxy) is 3. The van der Waals surface area contributed by atoms with Crippen LogP contribution in [-0.2, 0) is 76.6 Å². The van der Waals surface area contributed by atoms with Gasteiger partial charge in [-0.3, -0.25) is 43.8 Å². The third-order valence-electron chi connectivity index (χ3n) is 16.2. The van der Waals surface area contributed by atoms with E-state index in [0.717, 1.165) is 0 Å². The Bertz CT molecular complexity index is 3040. The van der Waals surface area contributed by atoms with E-state index in [1.807, 2.05) is 0 Å². The molecule has 3 aliphatic heterocycles. The van der Waals surface area contributed by atoms with Crippen molar-refractivity contribution in [2.45, 2.75) is 189 Å². The second kappa shape index (κ2) is 37.8. The van der Waals surface area contributed by atoms with Crippen LogP contribution in [0.2, 0.25) is 0 Å². The SMILES string of the molecule is CC(C)[C@H](NC(=O)[C@H](CCCNC(=N)N)NC(=O)[C@@H](N)CC(N)=O)C(=O)N[C@@H](Cc1ccc(O)cc1)C(=O)N[C@H](C(=O)N[C@@H](Cc1cnc[nH]1)C(=O)N1CCC[C@H]1C(=O)N[C@@H](Cc1ccccc1)C(=O)O)C(C)C.OC[C@H]1O[C@H](O[C@H]2O[C@H](CO)[C@@H](O)[C@H](O)[C@H]2O)[C@H](O)[C@@H](O)[C@@H]1O. The summed E-state index contributed by atoms with van der Waals surface area (Å²) in [5, 5.41) is 122. The second-order valence-electron chi connectivity index (χ2n) is 24.4. The zero-order chi connectivity index (χ0) is 72.0.